The molecule has 0 saturated carbocycles. The highest BCUT2D eigenvalue weighted by molar-refractivity contribution is 9.10. The molecule has 1 rings (SSSR count). The molecule has 0 saturated heterocycles. The first-order chi connectivity index (χ1) is 7.38. The second-order valence-electron chi connectivity index (χ2n) is 3.97. The molecule has 0 bridgehead atoms. The lowest BCUT2D eigenvalue weighted by atomic mass is 10.1. The fourth-order valence-electron chi connectivity index (χ4n) is 1.37. The second-order valence-corrected chi connectivity index (χ2v) is 5.95. The van der Waals surface area contributed by atoms with Crippen LogP contribution in [0.15, 0.2) is 24.3 Å². The number of hydrogen-bond donors (Lipinski definition) is 0. The highest BCUT2D eigenvalue weighted by Crippen LogP contribution is 2.25. The van der Waals surface area contributed by atoms with Crippen LogP contribution >= 0.6 is 15.9 Å². The van der Waals surface area contributed by atoms with Crippen molar-refractivity contribution >= 4 is 27.5 Å². The van der Waals surface area contributed by atoms with E-state index in [9.17, 15) is 4.79 Å². The number of carbonyl (C=O) groups is 1. The van der Waals surface area contributed by atoms with E-state index in [4.69, 9.17) is 5.26 Å². The SMILES string of the molecule is CN(C(=O)C(C)(C)Br)c1ccccc1C#N. The summed E-state index contributed by atoms with van der Waals surface area (Å²) in [7, 11) is 1.67. The summed E-state index contributed by atoms with van der Waals surface area (Å²) in [6.07, 6.45) is 0. The van der Waals surface area contributed by atoms with Gasteiger partial charge >= 0.3 is 0 Å². The molecule has 0 spiro atoms. The number of rotatable bonds is 2. The average molecular weight is 281 g/mol. The molecule has 4 heteroatoms. The minimum atomic E-state index is -0.635. The number of carbonyl (C=O) groups excluding carboxylic acids is 1. The van der Waals surface area contributed by atoms with Crippen molar-refractivity contribution in [1.29, 1.82) is 5.26 Å². The Morgan fingerprint density at radius 2 is 2.00 bits per heavy atom. The van der Waals surface area contributed by atoms with Crippen molar-refractivity contribution in [3.05, 3.63) is 29.8 Å². The molecule has 3 nitrogen and oxygen atoms in total. The van der Waals surface area contributed by atoms with Crippen molar-refractivity contribution in [2.75, 3.05) is 11.9 Å². The molecule has 0 aliphatic heterocycles. The molecule has 84 valence electrons. The quantitative estimate of drug-likeness (QED) is 0.782. The van der Waals surface area contributed by atoms with Gasteiger partial charge in [0, 0.05) is 7.05 Å². The monoisotopic (exact) mass is 280 g/mol. The topological polar surface area (TPSA) is 44.1 Å². The zero-order chi connectivity index (χ0) is 12.3. The summed E-state index contributed by atoms with van der Waals surface area (Å²) in [5.41, 5.74) is 1.12. The van der Waals surface area contributed by atoms with Crippen molar-refractivity contribution < 1.29 is 4.79 Å². The van der Waals surface area contributed by atoms with Crippen LogP contribution in [0.2, 0.25) is 0 Å². The van der Waals surface area contributed by atoms with Crippen LogP contribution in [-0.2, 0) is 4.79 Å². The molecule has 0 fully saturated rings. The van der Waals surface area contributed by atoms with Gasteiger partial charge < -0.3 is 4.90 Å². The van der Waals surface area contributed by atoms with Crippen molar-refractivity contribution in [3.8, 4) is 6.07 Å². The number of halogens is 1. The molecular formula is C12H13BrN2O. The van der Waals surface area contributed by atoms with E-state index in [1.165, 1.54) is 4.90 Å². The van der Waals surface area contributed by atoms with Crippen LogP contribution in [0, 0.1) is 11.3 Å². The van der Waals surface area contributed by atoms with Crippen LogP contribution in [0.3, 0.4) is 0 Å². The van der Waals surface area contributed by atoms with Crippen molar-refractivity contribution in [1.82, 2.24) is 0 Å². The summed E-state index contributed by atoms with van der Waals surface area (Å²) in [6.45, 7) is 3.56. The third-order valence-corrected chi connectivity index (χ3v) is 2.54. The summed E-state index contributed by atoms with van der Waals surface area (Å²) in [6, 6.07) is 9.11. The van der Waals surface area contributed by atoms with E-state index in [0.29, 0.717) is 11.3 Å². The predicted octanol–water partition coefficient (Wildman–Crippen LogP) is 2.69. The van der Waals surface area contributed by atoms with E-state index in [1.54, 1.807) is 45.2 Å². The number of nitriles is 1. The van der Waals surface area contributed by atoms with Crippen LogP contribution in [0.25, 0.3) is 0 Å². The molecule has 0 aliphatic carbocycles. The van der Waals surface area contributed by atoms with Crippen molar-refractivity contribution in [2.24, 2.45) is 0 Å². The predicted molar refractivity (Wildman–Crippen MR) is 67.6 cm³/mol. The Balaban J connectivity index is 3.11. The summed E-state index contributed by atoms with van der Waals surface area (Å²) in [4.78, 5) is 13.5. The Morgan fingerprint density at radius 3 is 2.50 bits per heavy atom. The lowest BCUT2D eigenvalue weighted by Gasteiger charge is -2.25. The van der Waals surface area contributed by atoms with Crippen molar-refractivity contribution in [2.45, 2.75) is 18.2 Å². The molecule has 1 amide bonds. The maximum absolute atomic E-state index is 12.0. The van der Waals surface area contributed by atoms with E-state index in [-0.39, 0.29) is 5.91 Å². The second kappa shape index (κ2) is 4.67. The van der Waals surface area contributed by atoms with Crippen LogP contribution in [-0.4, -0.2) is 17.3 Å². The average Bonchev–Trinajstić information content (AvgIpc) is 2.25. The minimum Gasteiger partial charge on any atom is -0.313 e. The van der Waals surface area contributed by atoms with Gasteiger partial charge in [0.05, 0.1) is 15.6 Å². The fourth-order valence-corrected chi connectivity index (χ4v) is 1.63. The summed E-state index contributed by atoms with van der Waals surface area (Å²) < 4.78 is -0.635. The van der Waals surface area contributed by atoms with E-state index in [1.807, 2.05) is 0 Å². The Kier molecular flexibility index (Phi) is 3.71. The number of hydrogen-bond acceptors (Lipinski definition) is 2. The van der Waals surface area contributed by atoms with Crippen LogP contribution in [0.5, 0.6) is 0 Å². The molecule has 1 aromatic carbocycles. The van der Waals surface area contributed by atoms with Gasteiger partial charge in [0.25, 0.3) is 0 Å². The fraction of sp³-hybridized carbons (Fsp3) is 0.333. The molecule has 0 aromatic heterocycles. The molecular weight excluding hydrogens is 268 g/mol. The largest absolute Gasteiger partial charge is 0.313 e. The molecule has 1 aromatic rings. The van der Waals surface area contributed by atoms with Gasteiger partial charge in [-0.1, -0.05) is 28.1 Å². The number of nitrogens with zero attached hydrogens (tertiary/aromatic N) is 2. The molecule has 0 aliphatic rings. The highest BCUT2D eigenvalue weighted by atomic mass is 79.9. The highest BCUT2D eigenvalue weighted by Gasteiger charge is 2.28. The maximum Gasteiger partial charge on any atom is 0.243 e. The van der Waals surface area contributed by atoms with E-state index in [2.05, 4.69) is 22.0 Å². The van der Waals surface area contributed by atoms with E-state index in [0.717, 1.165) is 0 Å². The van der Waals surface area contributed by atoms with Gasteiger partial charge in [-0.25, -0.2) is 0 Å². The first-order valence-corrected chi connectivity index (χ1v) is 5.63. The van der Waals surface area contributed by atoms with Crippen LogP contribution in [0.4, 0.5) is 5.69 Å². The number of alkyl halides is 1. The Labute approximate surface area is 104 Å². The lowest BCUT2D eigenvalue weighted by molar-refractivity contribution is -0.119. The summed E-state index contributed by atoms with van der Waals surface area (Å²) >= 11 is 3.31. The molecule has 0 heterocycles. The maximum atomic E-state index is 12.0. The van der Waals surface area contributed by atoms with Gasteiger partial charge in [-0.3, -0.25) is 4.79 Å². The zero-order valence-corrected chi connectivity index (χ0v) is 11.1. The van der Waals surface area contributed by atoms with Crippen molar-refractivity contribution in [3.63, 3.8) is 0 Å². The number of para-hydroxylation sites is 1. The Morgan fingerprint density at radius 1 is 1.44 bits per heavy atom. The van der Waals surface area contributed by atoms with Crippen LogP contribution < -0.4 is 4.90 Å². The summed E-state index contributed by atoms with van der Waals surface area (Å²) in [5, 5.41) is 8.95. The number of anilines is 1. The normalized spacial score (nSPS) is 10.7. The Hall–Kier alpha value is -1.34. The smallest absolute Gasteiger partial charge is 0.243 e. The lowest BCUT2D eigenvalue weighted by Crippen LogP contribution is -2.39. The summed E-state index contributed by atoms with van der Waals surface area (Å²) in [5.74, 6) is -0.0878. The van der Waals surface area contributed by atoms with Gasteiger partial charge in [-0.2, -0.15) is 5.26 Å². The molecule has 0 N–H and O–H groups in total. The third kappa shape index (κ3) is 2.61. The first kappa shape index (κ1) is 12.7. The van der Waals surface area contributed by atoms with E-state index < -0.39 is 4.32 Å². The van der Waals surface area contributed by atoms with Gasteiger partial charge in [0.1, 0.15) is 6.07 Å². The van der Waals surface area contributed by atoms with Gasteiger partial charge in [-0.15, -0.1) is 0 Å². The third-order valence-electron chi connectivity index (χ3n) is 2.20. The molecule has 0 unspecified atom stereocenters. The minimum absolute atomic E-state index is 0.0878. The molecule has 0 radical (unpaired) electrons. The standard InChI is InChI=1S/C12H13BrN2O/c1-12(2,13)11(16)15(3)10-7-5-4-6-9(10)8-14/h4-7H,1-3H3. The number of benzene rings is 1. The first-order valence-electron chi connectivity index (χ1n) is 4.84. The molecule has 0 atom stereocenters. The number of amides is 1. The van der Waals surface area contributed by atoms with Gasteiger partial charge in [0.2, 0.25) is 5.91 Å². The van der Waals surface area contributed by atoms with E-state index >= 15 is 0 Å². The van der Waals surface area contributed by atoms with Crippen LogP contribution in [0.1, 0.15) is 19.4 Å². The van der Waals surface area contributed by atoms with Gasteiger partial charge in [-0.05, 0) is 26.0 Å². The zero-order valence-electron chi connectivity index (χ0n) is 9.49. The Bertz CT molecular complexity index is 443. The van der Waals surface area contributed by atoms with Gasteiger partial charge in [0.15, 0.2) is 0 Å². The molecule has 16 heavy (non-hydrogen) atoms.